The monoisotopic (exact) mass is 566 g/mol. The molecule has 0 saturated carbocycles. The van der Waals surface area contributed by atoms with Crippen LogP contribution in [-0.2, 0) is 0 Å². The Labute approximate surface area is 253 Å². The van der Waals surface area contributed by atoms with Crippen LogP contribution in [-0.4, -0.2) is 4.57 Å². The number of aromatic nitrogens is 1. The number of para-hydroxylation sites is 4. The lowest BCUT2D eigenvalue weighted by Crippen LogP contribution is -2.11. The van der Waals surface area contributed by atoms with Gasteiger partial charge in [-0.25, -0.2) is 0 Å². The molecule has 0 saturated heterocycles. The van der Waals surface area contributed by atoms with Crippen LogP contribution in [0.3, 0.4) is 0 Å². The number of rotatable bonds is 4. The van der Waals surface area contributed by atoms with E-state index < -0.39 is 0 Å². The fourth-order valence-electron chi connectivity index (χ4n) is 6.70. The first-order chi connectivity index (χ1) is 21.4. The Hall–Kier alpha value is -5.38. The molecule has 0 bridgehead atoms. The predicted octanol–water partition coefficient (Wildman–Crippen LogP) is 11.8. The molecule has 202 valence electrons. The maximum atomic E-state index is 2.46. The third kappa shape index (κ3) is 3.65. The van der Waals surface area contributed by atoms with Crippen LogP contribution in [0.5, 0.6) is 0 Å². The van der Waals surface area contributed by atoms with Gasteiger partial charge in [0.1, 0.15) is 0 Å². The molecule has 0 fully saturated rings. The van der Waals surface area contributed by atoms with E-state index >= 15 is 0 Å². The Morgan fingerprint density at radius 1 is 0.419 bits per heavy atom. The molecule has 43 heavy (non-hydrogen) atoms. The highest BCUT2D eigenvalue weighted by Crippen LogP contribution is 2.48. The zero-order chi connectivity index (χ0) is 28.3. The van der Waals surface area contributed by atoms with Gasteiger partial charge in [0.15, 0.2) is 0 Å². The molecule has 0 aliphatic heterocycles. The fraction of sp³-hybridized carbons (Fsp3) is 0. The van der Waals surface area contributed by atoms with Crippen LogP contribution in [0.25, 0.3) is 58.4 Å². The summed E-state index contributed by atoms with van der Waals surface area (Å²) in [6, 6.07) is 57.0. The van der Waals surface area contributed by atoms with Crippen molar-refractivity contribution in [1.29, 1.82) is 0 Å². The summed E-state index contributed by atoms with van der Waals surface area (Å²) in [7, 11) is 0. The number of benzene rings is 7. The molecule has 0 atom stereocenters. The third-order valence-corrected chi connectivity index (χ3v) is 9.83. The van der Waals surface area contributed by atoms with E-state index in [0.717, 1.165) is 17.1 Å². The van der Waals surface area contributed by atoms with Gasteiger partial charge in [-0.3, -0.25) is 0 Å². The molecule has 0 N–H and O–H groups in total. The number of hydrogen-bond donors (Lipinski definition) is 0. The van der Waals surface area contributed by atoms with Gasteiger partial charge in [-0.1, -0.05) is 115 Å². The highest BCUT2D eigenvalue weighted by Gasteiger charge is 2.23. The first-order valence-corrected chi connectivity index (χ1v) is 15.4. The molecule has 2 nitrogen and oxygen atoms in total. The normalized spacial score (nSPS) is 11.7. The van der Waals surface area contributed by atoms with Crippen molar-refractivity contribution in [3.05, 3.63) is 158 Å². The molecule has 7 aromatic carbocycles. The number of anilines is 3. The van der Waals surface area contributed by atoms with Gasteiger partial charge in [0.05, 0.1) is 27.1 Å². The molecule has 0 aliphatic carbocycles. The molecule has 9 aromatic rings. The van der Waals surface area contributed by atoms with E-state index in [1.807, 2.05) is 11.3 Å². The molecule has 0 unspecified atom stereocenters. The molecule has 0 radical (unpaired) electrons. The number of hydrogen-bond acceptors (Lipinski definition) is 2. The van der Waals surface area contributed by atoms with Gasteiger partial charge in [-0.2, -0.15) is 0 Å². The Morgan fingerprint density at radius 2 is 1.05 bits per heavy atom. The topological polar surface area (TPSA) is 8.17 Å². The lowest BCUT2D eigenvalue weighted by molar-refractivity contribution is 1.17. The summed E-state index contributed by atoms with van der Waals surface area (Å²) in [4.78, 5) is 2.46. The van der Waals surface area contributed by atoms with Crippen LogP contribution < -0.4 is 4.90 Å². The summed E-state index contributed by atoms with van der Waals surface area (Å²) < 4.78 is 5.05. The van der Waals surface area contributed by atoms with Crippen LogP contribution in [0, 0.1) is 0 Å². The van der Waals surface area contributed by atoms with Crippen LogP contribution >= 0.6 is 11.3 Å². The first kappa shape index (κ1) is 24.2. The molecule has 2 aromatic heterocycles. The fourth-order valence-corrected chi connectivity index (χ4v) is 8.04. The van der Waals surface area contributed by atoms with Gasteiger partial charge in [-0.05, 0) is 53.2 Å². The highest BCUT2D eigenvalue weighted by atomic mass is 32.1. The lowest BCUT2D eigenvalue weighted by Gasteiger charge is -2.27. The summed E-state index contributed by atoms with van der Waals surface area (Å²) in [5, 5.41) is 7.69. The lowest BCUT2D eigenvalue weighted by atomic mass is 10.1. The minimum Gasteiger partial charge on any atom is -0.307 e. The summed E-state index contributed by atoms with van der Waals surface area (Å²) >= 11 is 1.90. The smallest absolute Gasteiger partial charge is 0.0782 e. The van der Waals surface area contributed by atoms with Crippen molar-refractivity contribution in [1.82, 2.24) is 4.57 Å². The number of fused-ring (bicyclic) bond motifs is 8. The minimum absolute atomic E-state index is 1.13. The van der Waals surface area contributed by atoms with E-state index in [1.54, 1.807) is 0 Å². The number of thiophene rings is 1. The van der Waals surface area contributed by atoms with E-state index in [2.05, 4.69) is 167 Å². The van der Waals surface area contributed by atoms with Crippen molar-refractivity contribution in [3.63, 3.8) is 0 Å². The second-order valence-electron chi connectivity index (χ2n) is 11.0. The van der Waals surface area contributed by atoms with Crippen LogP contribution in [0.15, 0.2) is 158 Å². The van der Waals surface area contributed by atoms with Crippen molar-refractivity contribution in [3.8, 4) is 5.69 Å². The zero-order valence-corrected chi connectivity index (χ0v) is 24.1. The molecule has 2 heterocycles. The van der Waals surface area contributed by atoms with E-state index in [0.29, 0.717) is 0 Å². The van der Waals surface area contributed by atoms with Gasteiger partial charge in [0.25, 0.3) is 0 Å². The van der Waals surface area contributed by atoms with Gasteiger partial charge in [0, 0.05) is 37.6 Å². The van der Waals surface area contributed by atoms with E-state index in [-0.39, 0.29) is 0 Å². The van der Waals surface area contributed by atoms with Gasteiger partial charge in [0.2, 0.25) is 0 Å². The van der Waals surface area contributed by atoms with Crippen molar-refractivity contribution in [2.24, 2.45) is 0 Å². The van der Waals surface area contributed by atoms with E-state index in [4.69, 9.17) is 0 Å². The Balaban J connectivity index is 1.42. The van der Waals surface area contributed by atoms with Gasteiger partial charge >= 0.3 is 0 Å². The molecule has 9 rings (SSSR count). The molecule has 3 heteroatoms. The second kappa shape index (κ2) is 9.59. The average Bonchev–Trinajstić information content (AvgIpc) is 3.63. The first-order valence-electron chi connectivity index (χ1n) is 14.6. The van der Waals surface area contributed by atoms with E-state index in [1.165, 1.54) is 58.4 Å². The summed E-state index contributed by atoms with van der Waals surface area (Å²) in [6.45, 7) is 0. The maximum Gasteiger partial charge on any atom is 0.0782 e. The third-order valence-electron chi connectivity index (χ3n) is 8.55. The SMILES string of the molecule is c1ccc(N(c2cccc3c2sc2c4ccccc4ccc32)c2cccc3c4ccccc4n(-c4ccccc4)c23)cc1. The van der Waals surface area contributed by atoms with Crippen molar-refractivity contribution in [2.75, 3.05) is 4.90 Å². The molecular formula is C40H26N2S. The largest absolute Gasteiger partial charge is 0.307 e. The highest BCUT2D eigenvalue weighted by molar-refractivity contribution is 7.27. The number of nitrogens with zero attached hydrogens (tertiary/aromatic N) is 2. The van der Waals surface area contributed by atoms with Gasteiger partial charge < -0.3 is 9.47 Å². The minimum atomic E-state index is 1.13. The predicted molar refractivity (Wildman–Crippen MR) is 186 cm³/mol. The van der Waals surface area contributed by atoms with Crippen molar-refractivity contribution < 1.29 is 0 Å². The van der Waals surface area contributed by atoms with Crippen molar-refractivity contribution >= 4 is 81.1 Å². The second-order valence-corrected chi connectivity index (χ2v) is 12.0. The summed E-state index contributed by atoms with van der Waals surface area (Å²) in [6.07, 6.45) is 0. The molecular weight excluding hydrogens is 541 g/mol. The van der Waals surface area contributed by atoms with Gasteiger partial charge in [-0.15, -0.1) is 11.3 Å². The molecule has 0 aliphatic rings. The average molecular weight is 567 g/mol. The Bertz CT molecular complexity index is 2450. The summed E-state index contributed by atoms with van der Waals surface area (Å²) in [5.41, 5.74) is 7.03. The summed E-state index contributed by atoms with van der Waals surface area (Å²) in [5.74, 6) is 0. The molecule has 0 spiro atoms. The molecule has 0 amide bonds. The van der Waals surface area contributed by atoms with Crippen molar-refractivity contribution in [2.45, 2.75) is 0 Å². The van der Waals surface area contributed by atoms with E-state index in [9.17, 15) is 0 Å². The van der Waals surface area contributed by atoms with Crippen LogP contribution in [0.4, 0.5) is 17.1 Å². The standard InChI is InChI=1S/C40H26N2S/c1-3-14-28(15-4-1)41(37-24-12-21-33-34-26-25-27-13-7-8-18-30(27)39(34)43-40(33)37)36-23-11-20-32-31-19-9-10-22-35(31)42(38(32)36)29-16-5-2-6-17-29/h1-26H. The quantitative estimate of drug-likeness (QED) is 0.206. The van der Waals surface area contributed by atoms with Crippen LogP contribution in [0.2, 0.25) is 0 Å². The zero-order valence-electron chi connectivity index (χ0n) is 23.3. The maximum absolute atomic E-state index is 2.46. The Kier molecular flexibility index (Phi) is 5.40. The van der Waals surface area contributed by atoms with Crippen LogP contribution in [0.1, 0.15) is 0 Å². The Morgan fingerprint density at radius 3 is 1.88 bits per heavy atom.